The molecule has 0 unspecified atom stereocenters. The molecule has 0 heterocycles. The second kappa shape index (κ2) is 12.4. The predicted octanol–water partition coefficient (Wildman–Crippen LogP) is 7.82. The monoisotopic (exact) mass is 470 g/mol. The van der Waals surface area contributed by atoms with E-state index < -0.39 is 0 Å². The zero-order valence-corrected chi connectivity index (χ0v) is 23.4. The van der Waals surface area contributed by atoms with Gasteiger partial charge in [-0.05, 0) is 77.6 Å². The van der Waals surface area contributed by atoms with Gasteiger partial charge >= 0.3 is 0 Å². The highest BCUT2D eigenvalue weighted by atomic mass is 16.5. The maximum atomic E-state index is 12.8. The number of ether oxygens (including phenoxy) is 2. The lowest BCUT2D eigenvalue weighted by atomic mass is 9.79. The van der Waals surface area contributed by atoms with Gasteiger partial charge in [0.1, 0.15) is 0 Å². The van der Waals surface area contributed by atoms with Gasteiger partial charge in [0.05, 0.1) is 14.2 Å². The number of hydrogen-bond donors (Lipinski definition) is 0. The molecule has 0 atom stereocenters. The Kier molecular flexibility index (Phi) is 10.8. The Morgan fingerprint density at radius 3 is 1.65 bits per heavy atom. The molecule has 0 N–H and O–H groups in total. The minimum atomic E-state index is -0.284. The molecule has 1 aliphatic carbocycles. The van der Waals surface area contributed by atoms with Gasteiger partial charge in [0.15, 0.2) is 0 Å². The van der Waals surface area contributed by atoms with E-state index in [-0.39, 0.29) is 33.9 Å². The summed E-state index contributed by atoms with van der Waals surface area (Å²) in [5, 5.41) is 0. The minimum absolute atomic E-state index is 0.00685. The Labute approximate surface area is 207 Å². The average Bonchev–Trinajstić information content (AvgIpc) is 2.72. The lowest BCUT2D eigenvalue weighted by Crippen LogP contribution is -2.24. The fourth-order valence-electron chi connectivity index (χ4n) is 4.44. The van der Waals surface area contributed by atoms with E-state index >= 15 is 0 Å². The Bertz CT molecular complexity index is 929. The Morgan fingerprint density at radius 2 is 1.18 bits per heavy atom. The van der Waals surface area contributed by atoms with Crippen molar-refractivity contribution in [3.8, 4) is 0 Å². The molecule has 0 aromatic heterocycles. The summed E-state index contributed by atoms with van der Waals surface area (Å²) < 4.78 is 10.3. The van der Waals surface area contributed by atoms with E-state index in [1.54, 1.807) is 6.92 Å². The minimum Gasteiger partial charge on any atom is -0.489 e. The van der Waals surface area contributed by atoms with Crippen molar-refractivity contribution in [2.24, 2.45) is 10.8 Å². The lowest BCUT2D eigenvalue weighted by Gasteiger charge is -2.26. The maximum Gasteiger partial charge on any atom is 0.228 e. The largest absolute Gasteiger partial charge is 0.489 e. The van der Waals surface area contributed by atoms with Crippen molar-refractivity contribution in [2.75, 3.05) is 14.2 Å². The van der Waals surface area contributed by atoms with E-state index in [1.807, 2.05) is 0 Å². The highest BCUT2D eigenvalue weighted by Crippen LogP contribution is 2.34. The van der Waals surface area contributed by atoms with Gasteiger partial charge in [-0.2, -0.15) is 0 Å². The van der Waals surface area contributed by atoms with E-state index in [4.69, 9.17) is 9.47 Å². The number of rotatable bonds is 12. The summed E-state index contributed by atoms with van der Waals surface area (Å²) in [4.78, 5) is 25.4. The molecular weight excluding hydrogens is 424 g/mol. The summed E-state index contributed by atoms with van der Waals surface area (Å²) in [6, 6.07) is 0. The fourth-order valence-corrected chi connectivity index (χ4v) is 4.44. The average molecular weight is 471 g/mol. The van der Waals surface area contributed by atoms with Crippen LogP contribution in [-0.2, 0) is 19.1 Å². The maximum absolute atomic E-state index is 12.8. The lowest BCUT2D eigenvalue weighted by molar-refractivity contribution is -0.121. The molecule has 0 amide bonds. The van der Waals surface area contributed by atoms with Gasteiger partial charge in [-0.15, -0.1) is 0 Å². The summed E-state index contributed by atoms with van der Waals surface area (Å²) in [6.07, 6.45) is 11.3. The molecule has 0 aromatic carbocycles. The van der Waals surface area contributed by atoms with Crippen molar-refractivity contribution < 1.29 is 19.1 Å². The second-order valence-electron chi connectivity index (χ2n) is 11.5. The fraction of sp³-hybridized carbons (Fsp3) is 0.600. The molecule has 1 aliphatic rings. The third-order valence-corrected chi connectivity index (χ3v) is 6.33. The summed E-state index contributed by atoms with van der Waals surface area (Å²) in [6.45, 7) is 19.5. The summed E-state index contributed by atoms with van der Waals surface area (Å²) in [5.41, 5.74) is 5.28. The van der Waals surface area contributed by atoms with E-state index in [2.05, 4.69) is 73.6 Å². The van der Waals surface area contributed by atoms with Crippen LogP contribution in [0.25, 0.3) is 0 Å². The standard InChI is InChI=1S/C30H46O4/c1-20(2)14-16-29(6,7)19-22(4)15-17-30(8,9)18-21(3)12-13-24-23(5)25(31)27(33-10)28(34-11)26(24)32/h12,14-15H,13,16-19H2,1-11H3. The van der Waals surface area contributed by atoms with Gasteiger partial charge in [0.2, 0.25) is 23.1 Å². The normalized spacial score (nSPS) is 16.3. The summed E-state index contributed by atoms with van der Waals surface area (Å²) >= 11 is 0. The van der Waals surface area contributed by atoms with E-state index in [1.165, 1.54) is 30.9 Å². The smallest absolute Gasteiger partial charge is 0.228 e. The van der Waals surface area contributed by atoms with Gasteiger partial charge in [0, 0.05) is 11.1 Å². The molecule has 0 fully saturated rings. The molecule has 0 bridgehead atoms. The van der Waals surface area contributed by atoms with Gasteiger partial charge < -0.3 is 9.47 Å². The first-order valence-corrected chi connectivity index (χ1v) is 12.2. The molecule has 1 rings (SSSR count). The predicted molar refractivity (Wildman–Crippen MR) is 141 cm³/mol. The number of carbonyl (C=O) groups is 2. The number of methoxy groups -OCH3 is 2. The van der Waals surface area contributed by atoms with Gasteiger partial charge in [-0.3, -0.25) is 9.59 Å². The van der Waals surface area contributed by atoms with Crippen LogP contribution in [0.2, 0.25) is 0 Å². The van der Waals surface area contributed by atoms with Crippen molar-refractivity contribution >= 4 is 11.6 Å². The first-order valence-electron chi connectivity index (χ1n) is 12.2. The van der Waals surface area contributed by atoms with Crippen LogP contribution in [0.3, 0.4) is 0 Å². The molecule has 0 saturated heterocycles. The zero-order valence-electron chi connectivity index (χ0n) is 23.4. The molecule has 0 saturated carbocycles. The Balaban J connectivity index is 2.84. The second-order valence-corrected chi connectivity index (χ2v) is 11.5. The summed E-state index contributed by atoms with van der Waals surface area (Å²) in [7, 11) is 2.77. The highest BCUT2D eigenvalue weighted by molar-refractivity contribution is 6.23. The molecule has 4 nitrogen and oxygen atoms in total. The van der Waals surface area contributed by atoms with Crippen LogP contribution in [0, 0.1) is 10.8 Å². The van der Waals surface area contributed by atoms with Gasteiger partial charge in [-0.25, -0.2) is 0 Å². The van der Waals surface area contributed by atoms with Crippen molar-refractivity contribution in [3.63, 3.8) is 0 Å². The van der Waals surface area contributed by atoms with Crippen molar-refractivity contribution in [1.29, 1.82) is 0 Å². The zero-order chi connectivity index (χ0) is 26.3. The first-order chi connectivity index (χ1) is 15.6. The quantitative estimate of drug-likeness (QED) is 0.215. The molecule has 0 aliphatic heterocycles. The number of allylic oxidation sites excluding steroid dienone is 8. The van der Waals surface area contributed by atoms with Crippen LogP contribution >= 0.6 is 0 Å². The van der Waals surface area contributed by atoms with Crippen LogP contribution in [0.15, 0.2) is 57.6 Å². The Hall–Kier alpha value is -2.36. The number of carbonyl (C=O) groups excluding carboxylic acids is 2. The van der Waals surface area contributed by atoms with Crippen LogP contribution in [-0.4, -0.2) is 25.8 Å². The van der Waals surface area contributed by atoms with Gasteiger partial charge in [-0.1, -0.05) is 62.6 Å². The highest BCUT2D eigenvalue weighted by Gasteiger charge is 2.34. The molecule has 34 heavy (non-hydrogen) atoms. The molecule has 0 spiro atoms. The van der Waals surface area contributed by atoms with Gasteiger partial charge in [0.25, 0.3) is 0 Å². The molecule has 190 valence electrons. The van der Waals surface area contributed by atoms with Crippen LogP contribution in [0.4, 0.5) is 0 Å². The molecule has 0 radical (unpaired) electrons. The topological polar surface area (TPSA) is 52.6 Å². The molecule has 4 heteroatoms. The van der Waals surface area contributed by atoms with Crippen LogP contribution in [0.1, 0.15) is 94.4 Å². The SMILES string of the molecule is COC1=C(OC)C(=O)C(CC=C(C)CC(C)(C)CC=C(C)CC(C)(C)CC=C(C)C)=C(C)C1=O. The van der Waals surface area contributed by atoms with Crippen molar-refractivity contribution in [2.45, 2.75) is 94.4 Å². The summed E-state index contributed by atoms with van der Waals surface area (Å²) in [5.74, 6) is -0.572. The third kappa shape index (κ3) is 8.77. The van der Waals surface area contributed by atoms with E-state index in [0.29, 0.717) is 17.6 Å². The van der Waals surface area contributed by atoms with E-state index in [0.717, 1.165) is 25.7 Å². The van der Waals surface area contributed by atoms with Crippen LogP contribution in [0.5, 0.6) is 0 Å². The molecular formula is C30H46O4. The van der Waals surface area contributed by atoms with Crippen molar-refractivity contribution in [3.05, 3.63) is 57.6 Å². The van der Waals surface area contributed by atoms with Crippen molar-refractivity contribution in [1.82, 2.24) is 0 Å². The van der Waals surface area contributed by atoms with E-state index in [9.17, 15) is 9.59 Å². The molecule has 0 aromatic rings. The Morgan fingerprint density at radius 1 is 0.735 bits per heavy atom. The number of ketones is 2. The number of Topliss-reactive ketones (excluding diaryl/α,β-unsaturated/α-hetero) is 2. The first kappa shape index (κ1) is 29.7. The number of hydrogen-bond acceptors (Lipinski definition) is 4. The third-order valence-electron chi connectivity index (χ3n) is 6.33. The van der Waals surface area contributed by atoms with Crippen LogP contribution < -0.4 is 0 Å².